The van der Waals surface area contributed by atoms with Crippen LogP contribution >= 0.6 is 0 Å². The highest BCUT2D eigenvalue weighted by molar-refractivity contribution is 5.93. The number of nitrogens with one attached hydrogen (secondary N) is 1. The maximum Gasteiger partial charge on any atom is 0.350 e. The van der Waals surface area contributed by atoms with Gasteiger partial charge in [0.15, 0.2) is 5.57 Å². The summed E-state index contributed by atoms with van der Waals surface area (Å²) < 4.78 is 15.7. The van der Waals surface area contributed by atoms with E-state index < -0.39 is 5.97 Å². The summed E-state index contributed by atoms with van der Waals surface area (Å²) in [6.45, 7) is 8.16. The van der Waals surface area contributed by atoms with Crippen molar-refractivity contribution in [2.24, 2.45) is 5.92 Å². The van der Waals surface area contributed by atoms with Crippen LogP contribution in [0.25, 0.3) is 0 Å². The molecule has 1 N–H and O–H groups in total. The smallest absolute Gasteiger partial charge is 0.350 e. The molecular weight excluding hydrogens is 284 g/mol. The highest BCUT2D eigenvalue weighted by Crippen LogP contribution is 2.16. The standard InChI is InChI=1S/C16H26N2O4/c1-4-20-8-9-22-16(19)14(10-17)15(12(2)3)18-11-13-6-5-7-21-13/h12-13,18H,4-9,11H2,1-3H3/b15-14-. The molecule has 0 aromatic carbocycles. The van der Waals surface area contributed by atoms with Gasteiger partial charge in [-0.3, -0.25) is 0 Å². The number of carbonyl (C=O) groups is 1. The molecule has 1 aliphatic rings. The summed E-state index contributed by atoms with van der Waals surface area (Å²) in [6, 6.07) is 1.96. The number of carbonyl (C=O) groups excluding carboxylic acids is 1. The summed E-state index contributed by atoms with van der Waals surface area (Å²) in [7, 11) is 0. The van der Waals surface area contributed by atoms with Crippen LogP contribution < -0.4 is 5.32 Å². The molecule has 124 valence electrons. The second-order valence-electron chi connectivity index (χ2n) is 5.40. The Morgan fingerprint density at radius 2 is 2.23 bits per heavy atom. The second-order valence-corrected chi connectivity index (χ2v) is 5.40. The topological polar surface area (TPSA) is 80.6 Å². The number of nitrogens with zero attached hydrogens (tertiary/aromatic N) is 1. The van der Waals surface area contributed by atoms with Gasteiger partial charge >= 0.3 is 5.97 Å². The Morgan fingerprint density at radius 3 is 2.77 bits per heavy atom. The Morgan fingerprint density at radius 1 is 1.45 bits per heavy atom. The van der Waals surface area contributed by atoms with E-state index in [-0.39, 0.29) is 24.2 Å². The number of hydrogen-bond donors (Lipinski definition) is 1. The number of ether oxygens (including phenoxy) is 3. The Labute approximate surface area is 132 Å². The number of rotatable bonds is 9. The average molecular weight is 310 g/mol. The van der Waals surface area contributed by atoms with Crippen LogP contribution in [-0.4, -0.2) is 45.0 Å². The van der Waals surface area contributed by atoms with Crippen molar-refractivity contribution in [1.82, 2.24) is 5.32 Å². The van der Waals surface area contributed by atoms with Crippen LogP contribution in [0.1, 0.15) is 33.6 Å². The first-order valence-corrected chi connectivity index (χ1v) is 7.84. The lowest BCUT2D eigenvalue weighted by Crippen LogP contribution is -2.30. The van der Waals surface area contributed by atoms with Gasteiger partial charge in [0.25, 0.3) is 0 Å². The van der Waals surface area contributed by atoms with Gasteiger partial charge in [-0.15, -0.1) is 0 Å². The van der Waals surface area contributed by atoms with Crippen LogP contribution in [0, 0.1) is 17.2 Å². The van der Waals surface area contributed by atoms with Gasteiger partial charge in [0.05, 0.1) is 12.7 Å². The SMILES string of the molecule is CCOCCOC(=O)/C(C#N)=C(\NCC1CCCO1)C(C)C. The zero-order chi connectivity index (χ0) is 16.4. The van der Waals surface area contributed by atoms with Gasteiger partial charge in [-0.2, -0.15) is 5.26 Å². The summed E-state index contributed by atoms with van der Waals surface area (Å²) >= 11 is 0. The van der Waals surface area contributed by atoms with E-state index in [1.54, 1.807) is 0 Å². The highest BCUT2D eigenvalue weighted by atomic mass is 16.6. The fraction of sp³-hybridized carbons (Fsp3) is 0.750. The summed E-state index contributed by atoms with van der Waals surface area (Å²) in [5, 5.41) is 12.5. The Balaban J connectivity index is 2.65. The first-order valence-electron chi connectivity index (χ1n) is 7.84. The number of esters is 1. The summed E-state index contributed by atoms with van der Waals surface area (Å²) in [6.07, 6.45) is 2.19. The zero-order valence-corrected chi connectivity index (χ0v) is 13.7. The van der Waals surface area contributed by atoms with Gasteiger partial charge in [-0.1, -0.05) is 13.8 Å². The van der Waals surface area contributed by atoms with Crippen molar-refractivity contribution in [3.05, 3.63) is 11.3 Å². The molecule has 0 radical (unpaired) electrons. The van der Waals surface area contributed by atoms with Crippen LogP contribution in [0.5, 0.6) is 0 Å². The molecule has 0 bridgehead atoms. The van der Waals surface area contributed by atoms with E-state index in [9.17, 15) is 10.1 Å². The molecule has 1 heterocycles. The van der Waals surface area contributed by atoms with Crippen molar-refractivity contribution in [1.29, 1.82) is 5.26 Å². The lowest BCUT2D eigenvalue weighted by atomic mass is 10.0. The molecule has 0 aliphatic carbocycles. The molecule has 1 aliphatic heterocycles. The van der Waals surface area contributed by atoms with Gasteiger partial charge in [-0.05, 0) is 25.7 Å². The molecule has 0 spiro atoms. The van der Waals surface area contributed by atoms with Crippen molar-refractivity contribution in [2.45, 2.75) is 39.7 Å². The van der Waals surface area contributed by atoms with Gasteiger partial charge in [0, 0.05) is 25.5 Å². The van der Waals surface area contributed by atoms with Crippen molar-refractivity contribution in [3.8, 4) is 6.07 Å². The Kier molecular flexibility index (Phi) is 8.56. The molecular formula is C16H26N2O4. The minimum absolute atomic E-state index is 0.0236. The van der Waals surface area contributed by atoms with E-state index >= 15 is 0 Å². The third-order valence-electron chi connectivity index (χ3n) is 3.37. The molecule has 0 amide bonds. The quantitative estimate of drug-likeness (QED) is 0.302. The van der Waals surface area contributed by atoms with E-state index in [1.165, 1.54) is 0 Å². The van der Waals surface area contributed by atoms with Gasteiger partial charge in [0.2, 0.25) is 0 Å². The summed E-state index contributed by atoms with van der Waals surface area (Å²) in [4.78, 5) is 12.1. The molecule has 1 rings (SSSR count). The average Bonchev–Trinajstić information content (AvgIpc) is 3.00. The van der Waals surface area contributed by atoms with E-state index in [0.29, 0.717) is 25.5 Å². The predicted molar refractivity (Wildman–Crippen MR) is 81.9 cm³/mol. The predicted octanol–water partition coefficient (Wildman–Crippen LogP) is 1.77. The molecule has 6 heteroatoms. The van der Waals surface area contributed by atoms with E-state index in [1.807, 2.05) is 26.8 Å². The van der Waals surface area contributed by atoms with Crippen LogP contribution in [0.4, 0.5) is 0 Å². The maximum atomic E-state index is 12.1. The van der Waals surface area contributed by atoms with Gasteiger partial charge in [-0.25, -0.2) is 4.79 Å². The van der Waals surface area contributed by atoms with Crippen molar-refractivity contribution < 1.29 is 19.0 Å². The fourth-order valence-corrected chi connectivity index (χ4v) is 2.24. The zero-order valence-electron chi connectivity index (χ0n) is 13.7. The molecule has 6 nitrogen and oxygen atoms in total. The number of allylic oxidation sites excluding steroid dienone is 1. The largest absolute Gasteiger partial charge is 0.459 e. The third-order valence-corrected chi connectivity index (χ3v) is 3.37. The molecule has 0 saturated carbocycles. The molecule has 0 aromatic heterocycles. The summed E-state index contributed by atoms with van der Waals surface area (Å²) in [5.41, 5.74) is 0.643. The second kappa shape index (κ2) is 10.2. The molecule has 1 atom stereocenters. The maximum absolute atomic E-state index is 12.1. The van der Waals surface area contributed by atoms with E-state index in [0.717, 1.165) is 19.4 Å². The lowest BCUT2D eigenvalue weighted by molar-refractivity contribution is -0.140. The number of hydrogen-bond acceptors (Lipinski definition) is 6. The molecule has 22 heavy (non-hydrogen) atoms. The molecule has 0 aromatic rings. The van der Waals surface area contributed by atoms with Crippen molar-refractivity contribution in [3.63, 3.8) is 0 Å². The Bertz CT molecular complexity index is 420. The van der Waals surface area contributed by atoms with Crippen molar-refractivity contribution >= 4 is 5.97 Å². The molecule has 1 saturated heterocycles. The van der Waals surface area contributed by atoms with Gasteiger partial charge in [0.1, 0.15) is 12.7 Å². The highest BCUT2D eigenvalue weighted by Gasteiger charge is 2.21. The lowest BCUT2D eigenvalue weighted by Gasteiger charge is -2.19. The first-order chi connectivity index (χ1) is 10.6. The first kappa shape index (κ1) is 18.5. The minimum Gasteiger partial charge on any atom is -0.459 e. The van der Waals surface area contributed by atoms with Crippen LogP contribution in [-0.2, 0) is 19.0 Å². The fourth-order valence-electron chi connectivity index (χ4n) is 2.24. The van der Waals surface area contributed by atoms with Gasteiger partial charge < -0.3 is 19.5 Å². The normalized spacial score (nSPS) is 18.8. The minimum atomic E-state index is -0.606. The van der Waals surface area contributed by atoms with Crippen LogP contribution in [0.3, 0.4) is 0 Å². The van der Waals surface area contributed by atoms with E-state index in [4.69, 9.17) is 14.2 Å². The third kappa shape index (κ3) is 6.04. The molecule has 1 fully saturated rings. The Hall–Kier alpha value is -1.58. The van der Waals surface area contributed by atoms with Crippen LogP contribution in [0.2, 0.25) is 0 Å². The van der Waals surface area contributed by atoms with Crippen molar-refractivity contribution in [2.75, 3.05) is 33.0 Å². The molecule has 1 unspecified atom stereocenters. The number of nitriles is 1. The van der Waals surface area contributed by atoms with Crippen LogP contribution in [0.15, 0.2) is 11.3 Å². The van der Waals surface area contributed by atoms with E-state index in [2.05, 4.69) is 5.32 Å². The summed E-state index contributed by atoms with van der Waals surface area (Å²) in [5.74, 6) is -0.582. The monoisotopic (exact) mass is 310 g/mol.